The van der Waals surface area contributed by atoms with E-state index in [2.05, 4.69) is 16.0 Å². The third-order valence-corrected chi connectivity index (χ3v) is 6.15. The molecule has 0 saturated carbocycles. The molecule has 0 radical (unpaired) electrons. The largest absolute Gasteiger partial charge is 0.417 e. The van der Waals surface area contributed by atoms with Crippen molar-refractivity contribution in [3.05, 3.63) is 118 Å². The van der Waals surface area contributed by atoms with Gasteiger partial charge in [-0.3, -0.25) is 14.8 Å². The van der Waals surface area contributed by atoms with Crippen LogP contribution in [0.4, 0.5) is 26.3 Å². The zero-order chi connectivity index (χ0) is 28.9. The molecule has 10 heteroatoms. The van der Waals surface area contributed by atoms with Gasteiger partial charge in [0.15, 0.2) is 0 Å². The number of hydrogen-bond donors (Lipinski definition) is 0. The summed E-state index contributed by atoms with van der Waals surface area (Å²) in [4.78, 5) is 19.4. The lowest BCUT2D eigenvalue weighted by Crippen LogP contribution is -2.10. The first-order valence-electron chi connectivity index (χ1n) is 11.8. The van der Waals surface area contributed by atoms with Crippen LogP contribution in [0.3, 0.4) is 0 Å². The van der Waals surface area contributed by atoms with Gasteiger partial charge in [0.05, 0.1) is 22.4 Å². The van der Waals surface area contributed by atoms with E-state index in [0.29, 0.717) is 17.8 Å². The highest BCUT2D eigenvalue weighted by Gasteiger charge is 2.34. The van der Waals surface area contributed by atoms with Crippen LogP contribution in [-0.4, -0.2) is 16.3 Å². The SMILES string of the molecule is N#Cc1c(-c2ccccc2)ccnc1/C=C/c1cc(CCc2cncc(C(F)(F)F)c2)c(C=O)cc1C(F)(F)F. The van der Waals surface area contributed by atoms with Gasteiger partial charge >= 0.3 is 12.4 Å². The summed E-state index contributed by atoms with van der Waals surface area (Å²) in [7, 11) is 0. The molecule has 0 saturated heterocycles. The lowest BCUT2D eigenvalue weighted by molar-refractivity contribution is -0.138. The van der Waals surface area contributed by atoms with E-state index in [-0.39, 0.29) is 52.6 Å². The molecule has 2 heterocycles. The van der Waals surface area contributed by atoms with Gasteiger partial charge in [0.1, 0.15) is 12.4 Å². The van der Waals surface area contributed by atoms with Crippen LogP contribution >= 0.6 is 0 Å². The average molecular weight is 551 g/mol. The van der Waals surface area contributed by atoms with Crippen molar-refractivity contribution in [2.24, 2.45) is 0 Å². The number of aromatic nitrogens is 2. The molecule has 0 unspecified atom stereocenters. The highest BCUT2D eigenvalue weighted by atomic mass is 19.4. The minimum Gasteiger partial charge on any atom is -0.298 e. The number of carbonyl (C=O) groups excluding carboxylic acids is 1. The summed E-state index contributed by atoms with van der Waals surface area (Å²) in [5.41, 5.74) is -0.515. The van der Waals surface area contributed by atoms with Crippen LogP contribution in [0, 0.1) is 11.3 Å². The molecule has 2 aromatic carbocycles. The van der Waals surface area contributed by atoms with Crippen molar-refractivity contribution in [2.75, 3.05) is 0 Å². The third kappa shape index (κ3) is 6.43. The molecule has 4 aromatic rings. The lowest BCUT2D eigenvalue weighted by Gasteiger charge is -2.15. The van der Waals surface area contributed by atoms with E-state index in [1.807, 2.05) is 0 Å². The second kappa shape index (κ2) is 11.5. The van der Waals surface area contributed by atoms with E-state index >= 15 is 0 Å². The molecule has 40 heavy (non-hydrogen) atoms. The summed E-state index contributed by atoms with van der Waals surface area (Å²) in [5.74, 6) is 0. The van der Waals surface area contributed by atoms with Gasteiger partial charge in [-0.05, 0) is 59.4 Å². The monoisotopic (exact) mass is 551 g/mol. The normalized spacial score (nSPS) is 11.9. The number of benzene rings is 2. The fourth-order valence-corrected chi connectivity index (χ4v) is 4.20. The molecule has 2 aromatic heterocycles. The van der Waals surface area contributed by atoms with Crippen LogP contribution in [0.15, 0.2) is 73.2 Å². The Kier molecular flexibility index (Phi) is 8.14. The fourth-order valence-electron chi connectivity index (χ4n) is 4.20. The van der Waals surface area contributed by atoms with E-state index in [1.54, 1.807) is 36.4 Å². The van der Waals surface area contributed by atoms with Gasteiger partial charge in [0.25, 0.3) is 0 Å². The van der Waals surface area contributed by atoms with Crippen molar-refractivity contribution >= 4 is 18.4 Å². The molecule has 0 N–H and O–H groups in total. The number of aryl methyl sites for hydroxylation is 2. The Hall–Kier alpha value is -4.78. The molecule has 0 spiro atoms. The zero-order valence-corrected chi connectivity index (χ0v) is 20.6. The first-order chi connectivity index (χ1) is 19.0. The van der Waals surface area contributed by atoms with Gasteiger partial charge < -0.3 is 0 Å². The van der Waals surface area contributed by atoms with Gasteiger partial charge in [-0.25, -0.2) is 0 Å². The molecule has 0 bridgehead atoms. The van der Waals surface area contributed by atoms with Gasteiger partial charge in [-0.2, -0.15) is 31.6 Å². The summed E-state index contributed by atoms with van der Waals surface area (Å²) in [6.45, 7) is 0. The Morgan fingerprint density at radius 3 is 2.25 bits per heavy atom. The maximum Gasteiger partial charge on any atom is 0.417 e. The summed E-state index contributed by atoms with van der Waals surface area (Å²) in [6, 6.07) is 15.4. The molecular weight excluding hydrogens is 532 g/mol. The molecule has 0 aliphatic heterocycles. The molecule has 0 fully saturated rings. The molecule has 4 rings (SSSR count). The molecule has 0 amide bonds. The van der Waals surface area contributed by atoms with Gasteiger partial charge in [0.2, 0.25) is 0 Å². The number of aldehydes is 1. The van der Waals surface area contributed by atoms with Crippen molar-refractivity contribution in [1.82, 2.24) is 9.97 Å². The standard InChI is InChI=1S/C30H19F6N3O/c31-29(32,33)24-12-19(16-38-17-24)6-7-21-13-22(27(30(34,35)36)14-23(21)18-40)8-9-28-26(15-37)25(10-11-39-28)20-4-2-1-3-5-20/h1-5,8-14,16-18H,6-7H2/b9-8+. The Labute approximate surface area is 225 Å². The van der Waals surface area contributed by atoms with E-state index in [0.717, 1.165) is 17.7 Å². The lowest BCUT2D eigenvalue weighted by atomic mass is 9.93. The van der Waals surface area contributed by atoms with E-state index in [9.17, 15) is 36.4 Å². The number of pyridine rings is 2. The topological polar surface area (TPSA) is 66.6 Å². The van der Waals surface area contributed by atoms with E-state index in [4.69, 9.17) is 0 Å². The number of halogens is 6. The Balaban J connectivity index is 1.73. The number of hydrogen-bond acceptors (Lipinski definition) is 4. The summed E-state index contributed by atoms with van der Waals surface area (Å²) < 4.78 is 80.9. The molecule has 4 nitrogen and oxygen atoms in total. The first-order valence-corrected chi connectivity index (χ1v) is 11.8. The quantitative estimate of drug-likeness (QED) is 0.174. The molecule has 202 valence electrons. The number of nitrogens with zero attached hydrogens (tertiary/aromatic N) is 3. The Bertz CT molecular complexity index is 1600. The number of carbonyl (C=O) groups is 1. The van der Waals surface area contributed by atoms with Crippen LogP contribution in [0.1, 0.15) is 49.4 Å². The zero-order valence-electron chi connectivity index (χ0n) is 20.6. The number of alkyl halides is 6. The first kappa shape index (κ1) is 28.2. The molecule has 0 aliphatic rings. The van der Waals surface area contributed by atoms with Gasteiger partial charge in [-0.1, -0.05) is 42.5 Å². The van der Waals surface area contributed by atoms with Crippen LogP contribution < -0.4 is 0 Å². The van der Waals surface area contributed by atoms with Gasteiger partial charge in [0, 0.05) is 29.7 Å². The summed E-state index contributed by atoms with van der Waals surface area (Å²) >= 11 is 0. The van der Waals surface area contributed by atoms with Crippen LogP contribution in [-0.2, 0) is 25.2 Å². The average Bonchev–Trinajstić information content (AvgIpc) is 2.94. The minimum atomic E-state index is -4.81. The Morgan fingerprint density at radius 1 is 0.850 bits per heavy atom. The number of nitriles is 1. The second-order valence-electron chi connectivity index (χ2n) is 8.76. The van der Waals surface area contributed by atoms with E-state index < -0.39 is 23.5 Å². The maximum absolute atomic E-state index is 13.9. The smallest absolute Gasteiger partial charge is 0.298 e. The van der Waals surface area contributed by atoms with Crippen molar-refractivity contribution in [2.45, 2.75) is 25.2 Å². The van der Waals surface area contributed by atoms with Crippen LogP contribution in [0.25, 0.3) is 23.3 Å². The minimum absolute atomic E-state index is 0.00549. The van der Waals surface area contributed by atoms with Crippen LogP contribution in [0.5, 0.6) is 0 Å². The van der Waals surface area contributed by atoms with Crippen molar-refractivity contribution in [3.63, 3.8) is 0 Å². The highest BCUT2D eigenvalue weighted by Crippen LogP contribution is 2.35. The predicted octanol–water partition coefficient (Wildman–Crippen LogP) is 7.82. The summed E-state index contributed by atoms with van der Waals surface area (Å²) in [6.07, 6.45) is -3.34. The van der Waals surface area contributed by atoms with Crippen molar-refractivity contribution < 1.29 is 31.1 Å². The Morgan fingerprint density at radius 2 is 1.60 bits per heavy atom. The highest BCUT2D eigenvalue weighted by molar-refractivity contribution is 5.82. The molecule has 0 atom stereocenters. The van der Waals surface area contributed by atoms with Crippen molar-refractivity contribution in [3.8, 4) is 17.2 Å². The second-order valence-corrected chi connectivity index (χ2v) is 8.76. The maximum atomic E-state index is 13.9. The third-order valence-electron chi connectivity index (χ3n) is 6.15. The predicted molar refractivity (Wildman–Crippen MR) is 137 cm³/mol. The van der Waals surface area contributed by atoms with E-state index in [1.165, 1.54) is 24.5 Å². The number of rotatable bonds is 7. The molecule has 0 aliphatic carbocycles. The fraction of sp³-hybridized carbons (Fsp3) is 0.133. The summed E-state index contributed by atoms with van der Waals surface area (Å²) in [5, 5.41) is 9.78. The van der Waals surface area contributed by atoms with Crippen LogP contribution in [0.2, 0.25) is 0 Å². The molecular formula is C30H19F6N3O. The van der Waals surface area contributed by atoms with Gasteiger partial charge in [-0.15, -0.1) is 0 Å². The van der Waals surface area contributed by atoms with Crippen molar-refractivity contribution in [1.29, 1.82) is 5.26 Å².